The molecule has 3 rings (SSSR count). The van der Waals surface area contributed by atoms with Crippen LogP contribution in [0, 0.1) is 13.8 Å². The highest BCUT2D eigenvalue weighted by atomic mass is 19.1. The molecule has 0 saturated carbocycles. The lowest BCUT2D eigenvalue weighted by atomic mass is 9.80. The summed E-state index contributed by atoms with van der Waals surface area (Å²) in [5.41, 5.74) is 2.08. The van der Waals surface area contributed by atoms with Gasteiger partial charge in [-0.1, -0.05) is 23.8 Å². The molecule has 0 aliphatic carbocycles. The highest BCUT2D eigenvalue weighted by Gasteiger charge is 2.45. The molecule has 2 aliphatic rings. The van der Waals surface area contributed by atoms with E-state index in [-0.39, 0.29) is 0 Å². The summed E-state index contributed by atoms with van der Waals surface area (Å²) >= 11 is 0. The maximum Gasteiger partial charge on any atom is 0.139 e. The lowest BCUT2D eigenvalue weighted by Gasteiger charge is -2.36. The second-order valence-corrected chi connectivity index (χ2v) is 5.83. The van der Waals surface area contributed by atoms with Crippen molar-refractivity contribution in [3.8, 4) is 0 Å². The molecule has 1 aromatic rings. The molecule has 1 N–H and O–H groups in total. The largest absolute Gasteiger partial charge is 0.311 e. The lowest BCUT2D eigenvalue weighted by Crippen LogP contribution is -2.44. The number of hydrogen-bond donors (Lipinski definition) is 1. The minimum absolute atomic E-state index is 0.388. The first kappa shape index (κ1) is 11.2. The first-order valence-corrected chi connectivity index (χ1v) is 6.59. The van der Waals surface area contributed by atoms with E-state index in [4.69, 9.17) is 0 Å². The molecular weight excluding hydrogens is 213 g/mol. The van der Waals surface area contributed by atoms with Gasteiger partial charge in [0.25, 0.3) is 0 Å². The standard InChI is InChI=1S/C15H20FN/c1-10-3-4-11(2)14(7-10)15(16)8-12-5-6-13(9-15)17-12/h3-4,7,12-13,17H,5-6,8-9H2,1-2H3. The Hall–Kier alpha value is -0.890. The van der Waals surface area contributed by atoms with Gasteiger partial charge in [-0.3, -0.25) is 0 Å². The van der Waals surface area contributed by atoms with Gasteiger partial charge in [-0.15, -0.1) is 0 Å². The summed E-state index contributed by atoms with van der Waals surface area (Å²) in [6.07, 6.45) is 3.57. The molecule has 2 atom stereocenters. The van der Waals surface area contributed by atoms with Crippen molar-refractivity contribution in [1.29, 1.82) is 0 Å². The molecule has 0 aromatic heterocycles. The smallest absolute Gasteiger partial charge is 0.139 e. The second kappa shape index (κ2) is 3.81. The van der Waals surface area contributed by atoms with E-state index >= 15 is 4.39 Å². The van der Waals surface area contributed by atoms with Crippen molar-refractivity contribution >= 4 is 0 Å². The highest BCUT2D eigenvalue weighted by molar-refractivity contribution is 5.36. The van der Waals surface area contributed by atoms with E-state index < -0.39 is 5.67 Å². The number of fused-ring (bicyclic) bond motifs is 2. The second-order valence-electron chi connectivity index (χ2n) is 5.83. The Morgan fingerprint density at radius 3 is 2.47 bits per heavy atom. The van der Waals surface area contributed by atoms with Crippen molar-refractivity contribution in [3.63, 3.8) is 0 Å². The third-order valence-corrected chi connectivity index (χ3v) is 4.35. The normalized spacial score (nSPS) is 36.2. The average Bonchev–Trinajstić information content (AvgIpc) is 2.62. The lowest BCUT2D eigenvalue weighted by molar-refractivity contribution is 0.0866. The van der Waals surface area contributed by atoms with Crippen molar-refractivity contribution in [2.75, 3.05) is 0 Å². The fourth-order valence-corrected chi connectivity index (χ4v) is 3.53. The van der Waals surface area contributed by atoms with Crippen LogP contribution in [-0.2, 0) is 5.67 Å². The molecule has 2 heterocycles. The van der Waals surface area contributed by atoms with Crippen molar-refractivity contribution in [3.05, 3.63) is 34.9 Å². The number of alkyl halides is 1. The maximum atomic E-state index is 15.2. The van der Waals surface area contributed by atoms with E-state index in [0.717, 1.165) is 29.5 Å². The molecule has 1 nitrogen and oxygen atoms in total. The van der Waals surface area contributed by atoms with E-state index in [1.807, 2.05) is 19.9 Å². The molecule has 2 aliphatic heterocycles. The van der Waals surface area contributed by atoms with Crippen LogP contribution in [-0.4, -0.2) is 12.1 Å². The van der Waals surface area contributed by atoms with Crippen molar-refractivity contribution < 1.29 is 4.39 Å². The minimum atomic E-state index is -1.10. The van der Waals surface area contributed by atoms with E-state index in [9.17, 15) is 0 Å². The first-order valence-electron chi connectivity index (χ1n) is 6.59. The zero-order chi connectivity index (χ0) is 12.0. The average molecular weight is 233 g/mol. The molecule has 0 radical (unpaired) electrons. The zero-order valence-electron chi connectivity index (χ0n) is 10.6. The van der Waals surface area contributed by atoms with Gasteiger partial charge in [0, 0.05) is 24.9 Å². The Bertz CT molecular complexity index is 429. The molecule has 2 saturated heterocycles. The van der Waals surface area contributed by atoms with E-state index in [0.29, 0.717) is 24.9 Å². The number of benzene rings is 1. The van der Waals surface area contributed by atoms with Crippen LogP contribution in [0.2, 0.25) is 0 Å². The predicted octanol–water partition coefficient (Wildman–Crippen LogP) is 3.38. The van der Waals surface area contributed by atoms with Crippen LogP contribution in [0.25, 0.3) is 0 Å². The molecule has 2 unspecified atom stereocenters. The first-order chi connectivity index (χ1) is 8.07. The Labute approximate surface area is 102 Å². The van der Waals surface area contributed by atoms with Crippen molar-refractivity contribution in [1.82, 2.24) is 5.32 Å². The van der Waals surface area contributed by atoms with Gasteiger partial charge >= 0.3 is 0 Å². The van der Waals surface area contributed by atoms with E-state index in [1.165, 1.54) is 0 Å². The summed E-state index contributed by atoms with van der Waals surface area (Å²) < 4.78 is 15.2. The summed E-state index contributed by atoms with van der Waals surface area (Å²) in [4.78, 5) is 0. The van der Waals surface area contributed by atoms with Gasteiger partial charge in [0.15, 0.2) is 0 Å². The molecule has 0 amide bonds. The molecule has 2 bridgehead atoms. The van der Waals surface area contributed by atoms with E-state index in [1.54, 1.807) is 0 Å². The number of piperidine rings is 1. The molecule has 17 heavy (non-hydrogen) atoms. The van der Waals surface area contributed by atoms with Crippen LogP contribution in [0.5, 0.6) is 0 Å². The van der Waals surface area contributed by atoms with Gasteiger partial charge in [0.1, 0.15) is 5.67 Å². The van der Waals surface area contributed by atoms with Crippen LogP contribution in [0.4, 0.5) is 4.39 Å². The summed E-state index contributed by atoms with van der Waals surface area (Å²) in [5, 5.41) is 3.51. The van der Waals surface area contributed by atoms with Gasteiger partial charge in [0.2, 0.25) is 0 Å². The number of nitrogens with one attached hydrogen (secondary N) is 1. The van der Waals surface area contributed by atoms with Gasteiger partial charge in [-0.05, 0) is 37.8 Å². The molecule has 1 aromatic carbocycles. The van der Waals surface area contributed by atoms with Gasteiger partial charge in [0.05, 0.1) is 0 Å². The van der Waals surface area contributed by atoms with Crippen LogP contribution in [0.15, 0.2) is 18.2 Å². The third kappa shape index (κ3) is 1.89. The van der Waals surface area contributed by atoms with Crippen molar-refractivity contribution in [2.24, 2.45) is 0 Å². The Kier molecular flexibility index (Phi) is 2.51. The topological polar surface area (TPSA) is 12.0 Å². The SMILES string of the molecule is Cc1ccc(C)c(C2(F)CC3CCC(C2)N3)c1. The highest BCUT2D eigenvalue weighted by Crippen LogP contribution is 2.44. The van der Waals surface area contributed by atoms with E-state index in [2.05, 4.69) is 17.4 Å². The number of rotatable bonds is 1. The maximum absolute atomic E-state index is 15.2. The third-order valence-electron chi connectivity index (χ3n) is 4.35. The number of aryl methyl sites for hydroxylation is 2. The number of halogens is 1. The van der Waals surface area contributed by atoms with Crippen LogP contribution in [0.1, 0.15) is 42.4 Å². The molecule has 0 spiro atoms. The van der Waals surface area contributed by atoms with Gasteiger partial charge in [-0.2, -0.15) is 0 Å². The zero-order valence-corrected chi connectivity index (χ0v) is 10.6. The fourth-order valence-electron chi connectivity index (χ4n) is 3.53. The summed E-state index contributed by atoms with van der Waals surface area (Å²) in [5.74, 6) is 0. The summed E-state index contributed by atoms with van der Waals surface area (Å²) in [6, 6.07) is 6.94. The molecule has 2 heteroatoms. The Morgan fingerprint density at radius 1 is 1.18 bits per heavy atom. The quantitative estimate of drug-likeness (QED) is 0.784. The van der Waals surface area contributed by atoms with Crippen LogP contribution < -0.4 is 5.32 Å². The van der Waals surface area contributed by atoms with Crippen molar-refractivity contribution in [2.45, 2.75) is 57.3 Å². The minimum Gasteiger partial charge on any atom is -0.311 e. The summed E-state index contributed by atoms with van der Waals surface area (Å²) in [7, 11) is 0. The Balaban J connectivity index is 1.99. The number of hydrogen-bond acceptors (Lipinski definition) is 1. The van der Waals surface area contributed by atoms with Crippen LogP contribution in [0.3, 0.4) is 0 Å². The Morgan fingerprint density at radius 2 is 1.82 bits per heavy atom. The molecular formula is C15H20FN. The fraction of sp³-hybridized carbons (Fsp3) is 0.600. The van der Waals surface area contributed by atoms with Crippen LogP contribution >= 0.6 is 0 Å². The monoisotopic (exact) mass is 233 g/mol. The molecule has 2 fully saturated rings. The summed E-state index contributed by atoms with van der Waals surface area (Å²) in [6.45, 7) is 4.07. The van der Waals surface area contributed by atoms with Gasteiger partial charge < -0.3 is 5.32 Å². The molecule has 92 valence electrons. The predicted molar refractivity (Wildman–Crippen MR) is 67.9 cm³/mol. The van der Waals surface area contributed by atoms with Gasteiger partial charge in [-0.25, -0.2) is 4.39 Å².